The van der Waals surface area contributed by atoms with Gasteiger partial charge in [-0.2, -0.15) is 0 Å². The Morgan fingerprint density at radius 3 is 3.04 bits per heavy atom. The van der Waals surface area contributed by atoms with Gasteiger partial charge in [0.25, 0.3) is 0 Å². The van der Waals surface area contributed by atoms with Crippen molar-refractivity contribution in [3.8, 4) is 0 Å². The maximum Gasteiger partial charge on any atom is 0.241 e. The van der Waals surface area contributed by atoms with Gasteiger partial charge in [0.15, 0.2) is 5.82 Å². The summed E-state index contributed by atoms with van der Waals surface area (Å²) in [5.41, 5.74) is 0.515. The first-order chi connectivity index (χ1) is 12.9. The number of carbonyl (C=O) groups excluding carboxylic acids is 1. The molecule has 11 heteroatoms. The Morgan fingerprint density at radius 1 is 1.44 bits per heavy atom. The molecule has 0 spiro atoms. The maximum atomic E-state index is 12.8. The van der Waals surface area contributed by atoms with E-state index in [0.717, 1.165) is 4.90 Å². The lowest BCUT2D eigenvalue weighted by Crippen LogP contribution is -2.29. The second-order valence-corrected chi connectivity index (χ2v) is 8.87. The number of nitrogens with one attached hydrogen (secondary N) is 2. The lowest BCUT2D eigenvalue weighted by molar-refractivity contribution is -0.115. The molecule has 1 aliphatic heterocycles. The highest BCUT2D eigenvalue weighted by Crippen LogP contribution is 2.32. The van der Waals surface area contributed by atoms with Crippen LogP contribution in [0.3, 0.4) is 0 Å². The van der Waals surface area contributed by atoms with Crippen LogP contribution in [0.15, 0.2) is 34.3 Å². The smallest absolute Gasteiger partial charge is 0.241 e. The molecule has 0 radical (unpaired) electrons. The standard InChI is InChI=1S/C16H21N5O4S2/c1-11(16-19-17-10-21(16)6-7-25-2)20-27(23,24)12-3-4-14-13(9-12)18-15(22)5-8-26-14/h3-4,9-11,20H,5-8H2,1-2H3,(H,18,22). The van der Waals surface area contributed by atoms with Crippen LogP contribution in [0.4, 0.5) is 5.69 Å². The molecule has 3 rings (SSSR count). The first-order valence-electron chi connectivity index (χ1n) is 8.36. The predicted molar refractivity (Wildman–Crippen MR) is 101 cm³/mol. The van der Waals surface area contributed by atoms with Gasteiger partial charge in [-0.3, -0.25) is 4.79 Å². The minimum atomic E-state index is -3.81. The van der Waals surface area contributed by atoms with E-state index in [9.17, 15) is 13.2 Å². The molecule has 2 N–H and O–H groups in total. The zero-order valence-electron chi connectivity index (χ0n) is 15.0. The quantitative estimate of drug-likeness (QED) is 0.707. The Bertz CT molecular complexity index is 929. The third-order valence-electron chi connectivity index (χ3n) is 4.02. The fourth-order valence-electron chi connectivity index (χ4n) is 2.68. The average Bonchev–Trinajstić information content (AvgIpc) is 3.01. The molecule has 1 aromatic carbocycles. The van der Waals surface area contributed by atoms with Crippen LogP contribution in [0, 0.1) is 0 Å². The maximum absolute atomic E-state index is 12.8. The van der Waals surface area contributed by atoms with E-state index in [1.807, 2.05) is 0 Å². The fourth-order valence-corrected chi connectivity index (χ4v) is 4.85. The van der Waals surface area contributed by atoms with Gasteiger partial charge < -0.3 is 14.6 Å². The van der Waals surface area contributed by atoms with Gasteiger partial charge in [0.1, 0.15) is 6.33 Å². The summed E-state index contributed by atoms with van der Waals surface area (Å²) in [6.07, 6.45) is 1.93. The first-order valence-corrected chi connectivity index (χ1v) is 10.8. The van der Waals surface area contributed by atoms with Crippen molar-refractivity contribution in [1.29, 1.82) is 0 Å². The van der Waals surface area contributed by atoms with Crippen LogP contribution >= 0.6 is 11.8 Å². The minimum absolute atomic E-state index is 0.0823. The molecule has 0 bridgehead atoms. The summed E-state index contributed by atoms with van der Waals surface area (Å²) in [7, 11) is -2.22. The van der Waals surface area contributed by atoms with Gasteiger partial charge in [0, 0.05) is 30.7 Å². The molecule has 146 valence electrons. The SMILES string of the molecule is COCCn1cnnc1C(C)NS(=O)(=O)c1ccc2c(c1)NC(=O)CCS2. The summed E-state index contributed by atoms with van der Waals surface area (Å²) >= 11 is 1.52. The van der Waals surface area contributed by atoms with Gasteiger partial charge in [0.2, 0.25) is 15.9 Å². The van der Waals surface area contributed by atoms with Crippen molar-refractivity contribution in [3.63, 3.8) is 0 Å². The van der Waals surface area contributed by atoms with E-state index < -0.39 is 16.1 Å². The molecule has 0 fully saturated rings. The Balaban J connectivity index is 1.81. The van der Waals surface area contributed by atoms with Crippen LogP contribution in [0.5, 0.6) is 0 Å². The number of ether oxygens (including phenoxy) is 1. The Morgan fingerprint density at radius 2 is 2.26 bits per heavy atom. The zero-order chi connectivity index (χ0) is 19.4. The highest BCUT2D eigenvalue weighted by Gasteiger charge is 2.23. The van der Waals surface area contributed by atoms with Crippen LogP contribution < -0.4 is 10.0 Å². The van der Waals surface area contributed by atoms with Gasteiger partial charge in [0.05, 0.1) is 23.2 Å². The summed E-state index contributed by atoms with van der Waals surface area (Å²) in [5.74, 6) is 1.04. The van der Waals surface area contributed by atoms with Crippen molar-refractivity contribution >= 4 is 33.4 Å². The van der Waals surface area contributed by atoms with E-state index in [0.29, 0.717) is 36.8 Å². The van der Waals surface area contributed by atoms with Crippen molar-refractivity contribution < 1.29 is 17.9 Å². The Labute approximate surface area is 161 Å². The molecule has 2 aromatic rings. The van der Waals surface area contributed by atoms with Crippen molar-refractivity contribution in [2.24, 2.45) is 0 Å². The van der Waals surface area contributed by atoms with E-state index in [-0.39, 0.29) is 10.8 Å². The van der Waals surface area contributed by atoms with Gasteiger partial charge in [-0.1, -0.05) is 0 Å². The number of fused-ring (bicyclic) bond motifs is 1. The number of benzene rings is 1. The third-order valence-corrected chi connectivity index (χ3v) is 6.64. The van der Waals surface area contributed by atoms with Crippen molar-refractivity contribution in [1.82, 2.24) is 19.5 Å². The molecule has 0 saturated heterocycles. The molecule has 2 heterocycles. The molecule has 0 aliphatic carbocycles. The van der Waals surface area contributed by atoms with Gasteiger partial charge in [-0.25, -0.2) is 13.1 Å². The lowest BCUT2D eigenvalue weighted by atomic mass is 10.3. The molecule has 1 aromatic heterocycles. The monoisotopic (exact) mass is 411 g/mol. The number of nitrogens with zero attached hydrogens (tertiary/aromatic N) is 3. The molecule has 1 aliphatic rings. The van der Waals surface area contributed by atoms with Gasteiger partial charge in [-0.15, -0.1) is 22.0 Å². The molecule has 1 amide bonds. The van der Waals surface area contributed by atoms with E-state index in [1.54, 1.807) is 24.7 Å². The normalized spacial score (nSPS) is 15.7. The topological polar surface area (TPSA) is 115 Å². The predicted octanol–water partition coefficient (Wildman–Crippen LogP) is 1.40. The Kier molecular flexibility index (Phi) is 6.15. The molecule has 1 unspecified atom stereocenters. The molecule has 27 heavy (non-hydrogen) atoms. The highest BCUT2D eigenvalue weighted by molar-refractivity contribution is 7.99. The largest absolute Gasteiger partial charge is 0.383 e. The van der Waals surface area contributed by atoms with Gasteiger partial charge in [-0.05, 0) is 25.1 Å². The zero-order valence-corrected chi connectivity index (χ0v) is 16.6. The van der Waals surface area contributed by atoms with Crippen molar-refractivity contribution in [3.05, 3.63) is 30.4 Å². The number of sulfonamides is 1. The second kappa shape index (κ2) is 8.38. The number of rotatable bonds is 7. The van der Waals surface area contributed by atoms with Crippen LogP contribution in [-0.2, 0) is 26.1 Å². The van der Waals surface area contributed by atoms with E-state index >= 15 is 0 Å². The van der Waals surface area contributed by atoms with Crippen molar-refractivity contribution in [2.75, 3.05) is 24.8 Å². The molecule has 0 saturated carbocycles. The molecular weight excluding hydrogens is 390 g/mol. The molecule has 9 nitrogen and oxygen atoms in total. The Hall–Kier alpha value is -1.95. The summed E-state index contributed by atoms with van der Waals surface area (Å²) in [4.78, 5) is 12.7. The van der Waals surface area contributed by atoms with Crippen molar-refractivity contribution in [2.45, 2.75) is 35.7 Å². The van der Waals surface area contributed by atoms with Crippen LogP contribution in [-0.4, -0.2) is 48.6 Å². The second-order valence-electron chi connectivity index (χ2n) is 6.02. The summed E-state index contributed by atoms with van der Waals surface area (Å²) < 4.78 is 35.0. The summed E-state index contributed by atoms with van der Waals surface area (Å²) in [6, 6.07) is 4.15. The number of methoxy groups -OCH3 is 1. The number of amides is 1. The number of aromatic nitrogens is 3. The van der Waals surface area contributed by atoms with E-state index in [2.05, 4.69) is 20.2 Å². The number of thioether (sulfide) groups is 1. The highest BCUT2D eigenvalue weighted by atomic mass is 32.2. The molecule has 1 atom stereocenters. The lowest BCUT2D eigenvalue weighted by Gasteiger charge is -2.16. The first kappa shape index (κ1) is 19.8. The minimum Gasteiger partial charge on any atom is -0.383 e. The van der Waals surface area contributed by atoms with Crippen LogP contribution in [0.25, 0.3) is 0 Å². The summed E-state index contributed by atoms with van der Waals surface area (Å²) in [6.45, 7) is 2.69. The fraction of sp³-hybridized carbons (Fsp3) is 0.438. The average molecular weight is 412 g/mol. The van der Waals surface area contributed by atoms with Crippen LogP contribution in [0.2, 0.25) is 0 Å². The molecular formula is C16H21N5O4S2. The van der Waals surface area contributed by atoms with Crippen LogP contribution in [0.1, 0.15) is 25.2 Å². The number of hydrogen-bond donors (Lipinski definition) is 2. The summed E-state index contributed by atoms with van der Waals surface area (Å²) in [5, 5.41) is 10.6. The van der Waals surface area contributed by atoms with Gasteiger partial charge >= 0.3 is 0 Å². The number of hydrogen-bond acceptors (Lipinski definition) is 7. The number of carbonyl (C=O) groups is 1. The number of anilines is 1. The third kappa shape index (κ3) is 4.67. The van der Waals surface area contributed by atoms with E-state index in [4.69, 9.17) is 4.74 Å². The van der Waals surface area contributed by atoms with E-state index in [1.165, 1.54) is 30.2 Å².